The first-order valence-electron chi connectivity index (χ1n) is 8.62. The van der Waals surface area contributed by atoms with Gasteiger partial charge in [-0.2, -0.15) is 0 Å². The summed E-state index contributed by atoms with van der Waals surface area (Å²) in [5, 5.41) is 18.8. The zero-order valence-electron chi connectivity index (χ0n) is 14.7. The number of pyridine rings is 1. The maximum atomic E-state index is 10.3. The molecule has 2 heterocycles. The van der Waals surface area contributed by atoms with Gasteiger partial charge in [0.15, 0.2) is 0 Å². The fourth-order valence-electron chi connectivity index (χ4n) is 3.61. The molecule has 5 heteroatoms. The van der Waals surface area contributed by atoms with Gasteiger partial charge in [0.1, 0.15) is 6.10 Å². The van der Waals surface area contributed by atoms with Crippen molar-refractivity contribution in [3.05, 3.63) is 53.1 Å². The molecule has 0 saturated heterocycles. The molecule has 0 aliphatic heterocycles. The predicted octanol–water partition coefficient (Wildman–Crippen LogP) is 3.48. The maximum absolute atomic E-state index is 10.3. The van der Waals surface area contributed by atoms with Gasteiger partial charge in [-0.1, -0.05) is 36.3 Å². The van der Waals surface area contributed by atoms with Gasteiger partial charge in [-0.15, -0.1) is 5.10 Å². The van der Waals surface area contributed by atoms with Gasteiger partial charge >= 0.3 is 0 Å². The smallest absolute Gasteiger partial charge is 0.100 e. The fraction of sp³-hybridized carbons (Fsp3) is 0.526. The van der Waals surface area contributed by atoms with Crippen LogP contribution in [0.2, 0.25) is 0 Å². The van der Waals surface area contributed by atoms with E-state index in [0.29, 0.717) is 6.54 Å². The molecule has 24 heavy (non-hydrogen) atoms. The quantitative estimate of drug-likeness (QED) is 0.855. The lowest BCUT2D eigenvalue weighted by atomic mass is 9.71. The van der Waals surface area contributed by atoms with Gasteiger partial charge in [-0.3, -0.25) is 4.98 Å². The number of nitrogens with zero attached hydrogens (tertiary/aromatic N) is 4. The number of hydrogen-bond acceptors (Lipinski definition) is 4. The number of hydrogen-bond donors (Lipinski definition) is 1. The third-order valence-corrected chi connectivity index (χ3v) is 5.06. The van der Waals surface area contributed by atoms with Gasteiger partial charge < -0.3 is 5.11 Å². The topological polar surface area (TPSA) is 63.8 Å². The summed E-state index contributed by atoms with van der Waals surface area (Å²) in [6.45, 7) is 7.27. The van der Waals surface area contributed by atoms with Gasteiger partial charge in [0.25, 0.3) is 0 Å². The minimum Gasteiger partial charge on any atom is -0.386 e. The Morgan fingerprint density at radius 1 is 1.38 bits per heavy atom. The highest BCUT2D eigenvalue weighted by molar-refractivity contribution is 5.26. The second-order valence-electron chi connectivity index (χ2n) is 7.41. The summed E-state index contributed by atoms with van der Waals surface area (Å²) in [4.78, 5) is 4.04. The van der Waals surface area contributed by atoms with Crippen LogP contribution in [-0.4, -0.2) is 25.1 Å². The highest BCUT2D eigenvalue weighted by Crippen LogP contribution is 2.41. The van der Waals surface area contributed by atoms with Crippen LogP contribution >= 0.6 is 0 Å². The molecule has 1 N–H and O–H groups in total. The Morgan fingerprint density at radius 2 is 2.21 bits per heavy atom. The van der Waals surface area contributed by atoms with Crippen molar-refractivity contribution < 1.29 is 5.11 Å². The van der Waals surface area contributed by atoms with Crippen molar-refractivity contribution in [1.82, 2.24) is 20.0 Å². The average molecular weight is 326 g/mol. The first kappa shape index (κ1) is 16.8. The van der Waals surface area contributed by atoms with E-state index in [0.717, 1.165) is 17.7 Å². The molecule has 0 aromatic carbocycles. The number of aliphatic hydroxyl groups is 1. The molecule has 1 aliphatic carbocycles. The summed E-state index contributed by atoms with van der Waals surface area (Å²) in [7, 11) is 0. The van der Waals surface area contributed by atoms with Gasteiger partial charge in [0, 0.05) is 30.6 Å². The average Bonchev–Trinajstić information content (AvgIpc) is 2.99. The molecule has 0 bridgehead atoms. The molecule has 1 atom stereocenters. The molecule has 128 valence electrons. The van der Waals surface area contributed by atoms with E-state index in [4.69, 9.17) is 0 Å². The summed E-state index contributed by atoms with van der Waals surface area (Å²) in [5.74, 6) is 0. The molecule has 0 fully saturated rings. The number of aromatic nitrogens is 4. The van der Waals surface area contributed by atoms with Crippen LogP contribution < -0.4 is 0 Å². The van der Waals surface area contributed by atoms with E-state index in [1.165, 1.54) is 30.4 Å². The third kappa shape index (κ3) is 3.73. The monoisotopic (exact) mass is 326 g/mol. The lowest BCUT2D eigenvalue weighted by Crippen LogP contribution is -2.22. The molecule has 0 amide bonds. The van der Waals surface area contributed by atoms with E-state index in [9.17, 15) is 5.11 Å². The Bertz CT molecular complexity index is 718. The fourth-order valence-corrected chi connectivity index (χ4v) is 3.61. The Kier molecular flexibility index (Phi) is 4.81. The molecule has 2 aromatic heterocycles. The van der Waals surface area contributed by atoms with Crippen molar-refractivity contribution in [2.45, 2.75) is 59.1 Å². The van der Waals surface area contributed by atoms with Gasteiger partial charge in [0.05, 0.1) is 12.2 Å². The van der Waals surface area contributed by atoms with E-state index < -0.39 is 6.10 Å². The number of aliphatic hydroxyl groups excluding tert-OH is 1. The van der Waals surface area contributed by atoms with Crippen LogP contribution in [0.25, 0.3) is 0 Å². The SMILES string of the molecule is CC1=C(Cc2cn(CC(O)c3cccnc3)nn2)C(C)(C)CCC1. The van der Waals surface area contributed by atoms with Crippen LogP contribution in [0.5, 0.6) is 0 Å². The minimum absolute atomic E-state index is 0.237. The van der Waals surface area contributed by atoms with E-state index in [2.05, 4.69) is 36.1 Å². The molecule has 0 spiro atoms. The van der Waals surface area contributed by atoms with Crippen molar-refractivity contribution >= 4 is 0 Å². The number of allylic oxidation sites excluding steroid dienone is 2. The third-order valence-electron chi connectivity index (χ3n) is 5.06. The summed E-state index contributed by atoms with van der Waals surface area (Å²) >= 11 is 0. The minimum atomic E-state index is -0.625. The van der Waals surface area contributed by atoms with E-state index in [1.54, 1.807) is 17.1 Å². The largest absolute Gasteiger partial charge is 0.386 e. The Labute approximate surface area is 143 Å². The van der Waals surface area contributed by atoms with Gasteiger partial charge in [-0.05, 0) is 37.7 Å². The molecule has 5 nitrogen and oxygen atoms in total. The Morgan fingerprint density at radius 3 is 2.92 bits per heavy atom. The highest BCUT2D eigenvalue weighted by Gasteiger charge is 2.28. The van der Waals surface area contributed by atoms with Crippen LogP contribution in [0.3, 0.4) is 0 Å². The van der Waals surface area contributed by atoms with Crippen molar-refractivity contribution in [2.75, 3.05) is 0 Å². The summed E-state index contributed by atoms with van der Waals surface area (Å²) in [6, 6.07) is 3.69. The standard InChI is InChI=1S/C19H26N4O/c1-14-6-4-8-19(2,3)17(14)10-16-12-23(22-21-16)13-18(24)15-7-5-9-20-11-15/h5,7,9,11-12,18,24H,4,6,8,10,13H2,1-3H3. The normalized spacial score (nSPS) is 18.7. The second kappa shape index (κ2) is 6.85. The van der Waals surface area contributed by atoms with Crippen LogP contribution in [0.15, 0.2) is 41.9 Å². The molecule has 0 radical (unpaired) electrons. The summed E-state index contributed by atoms with van der Waals surface area (Å²) < 4.78 is 1.72. The molecule has 1 unspecified atom stereocenters. The zero-order valence-corrected chi connectivity index (χ0v) is 14.7. The molecule has 1 aliphatic rings. The predicted molar refractivity (Wildman–Crippen MR) is 93.3 cm³/mol. The van der Waals surface area contributed by atoms with Crippen molar-refractivity contribution in [2.24, 2.45) is 5.41 Å². The molecular formula is C19H26N4O. The maximum Gasteiger partial charge on any atom is 0.100 e. The lowest BCUT2D eigenvalue weighted by molar-refractivity contribution is 0.150. The summed E-state index contributed by atoms with van der Waals surface area (Å²) in [6.07, 6.45) is 9.24. The number of rotatable bonds is 5. The first-order chi connectivity index (χ1) is 11.5. The van der Waals surface area contributed by atoms with Crippen LogP contribution in [0.4, 0.5) is 0 Å². The summed E-state index contributed by atoms with van der Waals surface area (Å²) in [5.41, 5.74) is 4.99. The van der Waals surface area contributed by atoms with Crippen molar-refractivity contribution in [3.8, 4) is 0 Å². The zero-order chi connectivity index (χ0) is 17.2. The first-order valence-corrected chi connectivity index (χ1v) is 8.62. The van der Waals surface area contributed by atoms with E-state index >= 15 is 0 Å². The van der Waals surface area contributed by atoms with Gasteiger partial charge in [0.2, 0.25) is 0 Å². The second-order valence-corrected chi connectivity index (χ2v) is 7.41. The molecular weight excluding hydrogens is 300 g/mol. The van der Waals surface area contributed by atoms with Crippen molar-refractivity contribution in [3.63, 3.8) is 0 Å². The van der Waals surface area contributed by atoms with Crippen LogP contribution in [0, 0.1) is 5.41 Å². The van der Waals surface area contributed by atoms with Gasteiger partial charge in [-0.25, -0.2) is 4.68 Å². The molecule has 2 aromatic rings. The van der Waals surface area contributed by atoms with Crippen LogP contribution in [0.1, 0.15) is 57.4 Å². The lowest BCUT2D eigenvalue weighted by Gasteiger charge is -2.34. The highest BCUT2D eigenvalue weighted by atomic mass is 16.3. The van der Waals surface area contributed by atoms with Crippen molar-refractivity contribution in [1.29, 1.82) is 0 Å². The van der Waals surface area contributed by atoms with E-state index in [1.807, 2.05) is 18.3 Å². The Hall–Kier alpha value is -2.01. The molecule has 0 saturated carbocycles. The van der Waals surface area contributed by atoms with Crippen LogP contribution in [-0.2, 0) is 13.0 Å². The Balaban J connectivity index is 1.70. The molecule has 3 rings (SSSR count). The van der Waals surface area contributed by atoms with E-state index in [-0.39, 0.29) is 5.41 Å².